The zero-order chi connectivity index (χ0) is 14.7. The zero-order valence-electron chi connectivity index (χ0n) is 11.0. The number of aryl methyl sites for hydroxylation is 1. The van der Waals surface area contributed by atoms with Crippen LogP contribution in [0.1, 0.15) is 17.2 Å². The van der Waals surface area contributed by atoms with Crippen molar-refractivity contribution in [3.8, 4) is 0 Å². The van der Waals surface area contributed by atoms with E-state index in [1.165, 1.54) is 11.6 Å². The molecule has 5 heteroatoms. The molecule has 1 atom stereocenters. The van der Waals surface area contributed by atoms with E-state index >= 15 is 0 Å². The second kappa shape index (κ2) is 6.70. The molecule has 0 amide bonds. The van der Waals surface area contributed by atoms with E-state index in [1.807, 2.05) is 19.1 Å². The van der Waals surface area contributed by atoms with Crippen LogP contribution in [0.5, 0.6) is 0 Å². The lowest BCUT2D eigenvalue weighted by molar-refractivity contribution is 0.621. The topological polar surface area (TPSA) is 38.0 Å². The van der Waals surface area contributed by atoms with Gasteiger partial charge in [0.15, 0.2) is 0 Å². The van der Waals surface area contributed by atoms with Crippen LogP contribution in [-0.4, -0.2) is 6.54 Å². The standard InChI is InChI=1S/C15H15Br2FN2/c1-9-2-4-11(12(16)6-9)15(8-19)20-10-3-5-14(18)13(17)7-10/h2-7,15,20H,8,19H2,1H3. The van der Waals surface area contributed by atoms with Gasteiger partial charge in [0.2, 0.25) is 0 Å². The van der Waals surface area contributed by atoms with Crippen molar-refractivity contribution in [2.24, 2.45) is 5.73 Å². The molecule has 3 N–H and O–H groups in total. The second-order valence-corrected chi connectivity index (χ2v) is 6.30. The number of benzene rings is 2. The van der Waals surface area contributed by atoms with Crippen molar-refractivity contribution >= 4 is 37.5 Å². The van der Waals surface area contributed by atoms with E-state index in [4.69, 9.17) is 5.73 Å². The SMILES string of the molecule is Cc1ccc(C(CN)Nc2ccc(F)c(Br)c2)c(Br)c1. The summed E-state index contributed by atoms with van der Waals surface area (Å²) < 4.78 is 14.7. The van der Waals surface area contributed by atoms with Gasteiger partial charge in [-0.3, -0.25) is 0 Å². The summed E-state index contributed by atoms with van der Waals surface area (Å²) in [7, 11) is 0. The Kier molecular flexibility index (Phi) is 5.18. The van der Waals surface area contributed by atoms with Gasteiger partial charge in [-0.05, 0) is 58.2 Å². The van der Waals surface area contributed by atoms with Crippen LogP contribution in [0.2, 0.25) is 0 Å². The average Bonchev–Trinajstić information content (AvgIpc) is 2.41. The summed E-state index contributed by atoms with van der Waals surface area (Å²) >= 11 is 6.75. The summed E-state index contributed by atoms with van der Waals surface area (Å²) in [6, 6.07) is 10.9. The van der Waals surface area contributed by atoms with Crippen LogP contribution in [0.15, 0.2) is 45.3 Å². The van der Waals surface area contributed by atoms with Gasteiger partial charge in [-0.25, -0.2) is 4.39 Å². The number of nitrogens with two attached hydrogens (primary N) is 1. The molecular weight excluding hydrogens is 387 g/mol. The number of hydrogen-bond donors (Lipinski definition) is 2. The average molecular weight is 402 g/mol. The molecule has 0 saturated carbocycles. The van der Waals surface area contributed by atoms with E-state index in [1.54, 1.807) is 12.1 Å². The summed E-state index contributed by atoms with van der Waals surface area (Å²) in [5, 5.41) is 3.32. The molecule has 0 aliphatic heterocycles. The molecule has 2 aromatic rings. The molecule has 0 bridgehead atoms. The van der Waals surface area contributed by atoms with E-state index in [9.17, 15) is 4.39 Å². The van der Waals surface area contributed by atoms with E-state index in [0.29, 0.717) is 11.0 Å². The summed E-state index contributed by atoms with van der Waals surface area (Å²) in [6.45, 7) is 2.48. The van der Waals surface area contributed by atoms with Crippen molar-refractivity contribution in [1.29, 1.82) is 0 Å². The third-order valence-corrected chi connectivity index (χ3v) is 4.32. The highest BCUT2D eigenvalue weighted by Crippen LogP contribution is 2.28. The molecule has 20 heavy (non-hydrogen) atoms. The molecule has 0 radical (unpaired) electrons. The minimum Gasteiger partial charge on any atom is -0.377 e. The second-order valence-electron chi connectivity index (χ2n) is 4.59. The molecule has 2 rings (SSSR count). The minimum absolute atomic E-state index is 0.0395. The molecule has 1 unspecified atom stereocenters. The van der Waals surface area contributed by atoms with Gasteiger partial charge in [0.1, 0.15) is 5.82 Å². The normalized spacial score (nSPS) is 12.2. The highest BCUT2D eigenvalue weighted by Gasteiger charge is 2.13. The molecule has 0 aromatic heterocycles. The summed E-state index contributed by atoms with van der Waals surface area (Å²) in [5.74, 6) is -0.281. The molecule has 106 valence electrons. The Bertz CT molecular complexity index is 617. The lowest BCUT2D eigenvalue weighted by Gasteiger charge is -2.20. The number of rotatable bonds is 4. The predicted molar refractivity (Wildman–Crippen MR) is 88.4 cm³/mol. The lowest BCUT2D eigenvalue weighted by Crippen LogP contribution is -2.21. The molecule has 0 spiro atoms. The maximum absolute atomic E-state index is 13.2. The smallest absolute Gasteiger partial charge is 0.137 e. The van der Waals surface area contributed by atoms with E-state index < -0.39 is 0 Å². The third-order valence-electron chi connectivity index (χ3n) is 3.03. The number of hydrogen-bond acceptors (Lipinski definition) is 2. The number of nitrogens with one attached hydrogen (secondary N) is 1. The van der Waals surface area contributed by atoms with Gasteiger partial charge >= 0.3 is 0 Å². The number of anilines is 1. The van der Waals surface area contributed by atoms with Crippen molar-refractivity contribution < 1.29 is 4.39 Å². The van der Waals surface area contributed by atoms with Gasteiger partial charge in [-0.15, -0.1) is 0 Å². The summed E-state index contributed by atoms with van der Waals surface area (Å²) in [4.78, 5) is 0. The van der Waals surface area contributed by atoms with Crippen LogP contribution in [0.4, 0.5) is 10.1 Å². The first-order valence-electron chi connectivity index (χ1n) is 6.19. The monoisotopic (exact) mass is 400 g/mol. The minimum atomic E-state index is -0.281. The van der Waals surface area contributed by atoms with E-state index in [0.717, 1.165) is 15.7 Å². The van der Waals surface area contributed by atoms with Crippen LogP contribution < -0.4 is 11.1 Å². The van der Waals surface area contributed by atoms with Gasteiger partial charge in [-0.1, -0.05) is 28.1 Å². The van der Waals surface area contributed by atoms with Gasteiger partial charge in [0.25, 0.3) is 0 Å². The highest BCUT2D eigenvalue weighted by atomic mass is 79.9. The Morgan fingerprint density at radius 1 is 1.15 bits per heavy atom. The van der Waals surface area contributed by atoms with Crippen molar-refractivity contribution in [1.82, 2.24) is 0 Å². The third kappa shape index (κ3) is 3.59. The van der Waals surface area contributed by atoms with Gasteiger partial charge in [0, 0.05) is 16.7 Å². The fraction of sp³-hybridized carbons (Fsp3) is 0.200. The highest BCUT2D eigenvalue weighted by molar-refractivity contribution is 9.10. The van der Waals surface area contributed by atoms with Crippen LogP contribution in [0, 0.1) is 12.7 Å². The molecular formula is C15H15Br2FN2. The van der Waals surface area contributed by atoms with Gasteiger partial charge in [-0.2, -0.15) is 0 Å². The Labute approximate surface area is 134 Å². The van der Waals surface area contributed by atoms with Crippen molar-refractivity contribution in [2.75, 3.05) is 11.9 Å². The maximum atomic E-state index is 13.2. The first-order valence-corrected chi connectivity index (χ1v) is 7.77. The fourth-order valence-corrected chi connectivity index (χ4v) is 3.11. The Morgan fingerprint density at radius 3 is 2.50 bits per heavy atom. The number of halogens is 3. The Morgan fingerprint density at radius 2 is 1.90 bits per heavy atom. The van der Waals surface area contributed by atoms with Gasteiger partial charge in [0.05, 0.1) is 10.5 Å². The summed E-state index contributed by atoms with van der Waals surface area (Å²) in [5.41, 5.74) is 8.94. The van der Waals surface area contributed by atoms with Crippen molar-refractivity contribution in [3.05, 3.63) is 62.3 Å². The largest absolute Gasteiger partial charge is 0.377 e. The first kappa shape index (κ1) is 15.5. The van der Waals surface area contributed by atoms with Crippen molar-refractivity contribution in [3.63, 3.8) is 0 Å². The molecule has 2 aromatic carbocycles. The molecule has 0 aliphatic carbocycles. The molecule has 0 fully saturated rings. The summed E-state index contributed by atoms with van der Waals surface area (Å²) in [6.07, 6.45) is 0. The molecule has 0 heterocycles. The van der Waals surface area contributed by atoms with Crippen molar-refractivity contribution in [2.45, 2.75) is 13.0 Å². The predicted octanol–water partition coefficient (Wildman–Crippen LogP) is 4.77. The van der Waals surface area contributed by atoms with E-state index in [-0.39, 0.29) is 11.9 Å². The van der Waals surface area contributed by atoms with E-state index in [2.05, 4.69) is 43.2 Å². The zero-order valence-corrected chi connectivity index (χ0v) is 14.1. The first-order chi connectivity index (χ1) is 9.51. The van der Waals surface area contributed by atoms with Crippen LogP contribution in [0.3, 0.4) is 0 Å². The van der Waals surface area contributed by atoms with Crippen LogP contribution in [0.25, 0.3) is 0 Å². The Balaban J connectivity index is 2.26. The fourth-order valence-electron chi connectivity index (χ4n) is 1.97. The quantitative estimate of drug-likeness (QED) is 0.774. The molecule has 0 aliphatic rings. The van der Waals surface area contributed by atoms with Crippen LogP contribution in [-0.2, 0) is 0 Å². The molecule has 0 saturated heterocycles. The Hall–Kier alpha value is -0.910. The van der Waals surface area contributed by atoms with Crippen LogP contribution >= 0.6 is 31.9 Å². The maximum Gasteiger partial charge on any atom is 0.137 e. The lowest BCUT2D eigenvalue weighted by atomic mass is 10.0. The molecule has 2 nitrogen and oxygen atoms in total. The van der Waals surface area contributed by atoms with Gasteiger partial charge < -0.3 is 11.1 Å².